The molecule has 0 unspecified atom stereocenters. The van der Waals surface area contributed by atoms with E-state index < -0.39 is 0 Å². The number of aromatic nitrogens is 2. The van der Waals surface area contributed by atoms with Crippen molar-refractivity contribution >= 4 is 38.9 Å². The lowest BCUT2D eigenvalue weighted by Crippen LogP contribution is -2.29. The van der Waals surface area contributed by atoms with Crippen LogP contribution < -0.4 is 10.2 Å². The lowest BCUT2D eigenvalue weighted by molar-refractivity contribution is 0.563. The Kier molecular flexibility index (Phi) is 5.25. The van der Waals surface area contributed by atoms with Crippen LogP contribution in [0.4, 0.5) is 5.69 Å². The Bertz CT molecular complexity index is 997. The summed E-state index contributed by atoms with van der Waals surface area (Å²) in [7, 11) is 0. The van der Waals surface area contributed by atoms with Crippen LogP contribution in [-0.4, -0.2) is 14.7 Å². The summed E-state index contributed by atoms with van der Waals surface area (Å²) in [5.74, 6) is 0. The highest BCUT2D eigenvalue weighted by molar-refractivity contribution is 9.10. The number of nitrogens with one attached hydrogen (secondary N) is 1. The summed E-state index contributed by atoms with van der Waals surface area (Å²) in [6, 6.07) is 16.7. The molecule has 0 amide bonds. The summed E-state index contributed by atoms with van der Waals surface area (Å²) in [4.78, 5) is 6.85. The first-order valence-electron chi connectivity index (χ1n) is 9.44. The number of benzene rings is 1. The van der Waals surface area contributed by atoms with Gasteiger partial charge < -0.3 is 14.8 Å². The van der Waals surface area contributed by atoms with Crippen LogP contribution in [-0.2, 0) is 6.54 Å². The first-order valence-corrected chi connectivity index (χ1v) is 10.6. The van der Waals surface area contributed by atoms with E-state index in [9.17, 15) is 0 Å². The van der Waals surface area contributed by atoms with Crippen LogP contribution >= 0.6 is 28.1 Å². The summed E-state index contributed by atoms with van der Waals surface area (Å²) in [5.41, 5.74) is 5.90. The normalized spacial score (nSPS) is 19.1. The van der Waals surface area contributed by atoms with Crippen molar-refractivity contribution < 1.29 is 0 Å². The number of thiocarbonyl (C=S) groups is 1. The van der Waals surface area contributed by atoms with Crippen LogP contribution in [0.5, 0.6) is 0 Å². The molecule has 3 heterocycles. The zero-order chi connectivity index (χ0) is 19.8. The lowest BCUT2D eigenvalue weighted by atomic mass is 9.96. The third-order valence-corrected chi connectivity index (χ3v) is 6.29. The predicted octanol–water partition coefficient (Wildman–Crippen LogP) is 5.46. The number of halogens is 1. The topological polar surface area (TPSA) is 33.1 Å². The molecule has 1 fully saturated rings. The molecule has 1 N–H and O–H groups in total. The van der Waals surface area contributed by atoms with Gasteiger partial charge in [0.2, 0.25) is 0 Å². The Morgan fingerprint density at radius 2 is 1.89 bits per heavy atom. The molecular weight excluding hydrogens is 432 g/mol. The van der Waals surface area contributed by atoms with Crippen molar-refractivity contribution in [2.45, 2.75) is 39.4 Å². The molecule has 1 saturated heterocycles. The van der Waals surface area contributed by atoms with Crippen molar-refractivity contribution in [2.75, 3.05) is 4.90 Å². The largest absolute Gasteiger partial charge is 0.351 e. The van der Waals surface area contributed by atoms with E-state index >= 15 is 0 Å². The Morgan fingerprint density at radius 3 is 2.50 bits per heavy atom. The minimum absolute atomic E-state index is 0.0110. The molecule has 2 aromatic heterocycles. The summed E-state index contributed by atoms with van der Waals surface area (Å²) in [6.45, 7) is 7.50. The first-order chi connectivity index (χ1) is 13.5. The third-order valence-electron chi connectivity index (χ3n) is 5.45. The monoisotopic (exact) mass is 454 g/mol. The SMILES string of the molecule is CCn1c(C)cc([C@@H]2[C@H](c3ccccn3)NC(=S)N2c2ccc(Br)cc2)c1C. The van der Waals surface area contributed by atoms with Crippen LogP contribution in [0.3, 0.4) is 0 Å². The van der Waals surface area contributed by atoms with Crippen LogP contribution in [0.25, 0.3) is 0 Å². The van der Waals surface area contributed by atoms with Crippen LogP contribution in [0.2, 0.25) is 0 Å². The molecule has 1 aliphatic rings. The summed E-state index contributed by atoms with van der Waals surface area (Å²) in [5, 5.41) is 4.26. The zero-order valence-electron chi connectivity index (χ0n) is 16.2. The Hall–Kier alpha value is -2.18. The van der Waals surface area contributed by atoms with Crippen molar-refractivity contribution in [1.82, 2.24) is 14.9 Å². The Labute approximate surface area is 179 Å². The van der Waals surface area contributed by atoms with E-state index in [0.29, 0.717) is 0 Å². The fraction of sp³-hybridized carbons (Fsp3) is 0.273. The maximum absolute atomic E-state index is 5.79. The van der Waals surface area contributed by atoms with Crippen molar-refractivity contribution in [2.24, 2.45) is 0 Å². The smallest absolute Gasteiger partial charge is 0.174 e. The van der Waals surface area contributed by atoms with Crippen molar-refractivity contribution in [3.63, 3.8) is 0 Å². The van der Waals surface area contributed by atoms with E-state index in [-0.39, 0.29) is 12.1 Å². The summed E-state index contributed by atoms with van der Waals surface area (Å²) >= 11 is 9.32. The van der Waals surface area contributed by atoms with Gasteiger partial charge in [-0.1, -0.05) is 22.0 Å². The molecule has 4 nitrogen and oxygen atoms in total. The highest BCUT2D eigenvalue weighted by Crippen LogP contribution is 2.43. The van der Waals surface area contributed by atoms with E-state index in [1.807, 2.05) is 18.3 Å². The molecule has 6 heteroatoms. The number of hydrogen-bond donors (Lipinski definition) is 1. The molecule has 0 bridgehead atoms. The van der Waals surface area contributed by atoms with E-state index in [2.05, 4.69) is 92.9 Å². The van der Waals surface area contributed by atoms with E-state index in [0.717, 1.165) is 27.5 Å². The van der Waals surface area contributed by atoms with Gasteiger partial charge >= 0.3 is 0 Å². The number of nitrogens with zero attached hydrogens (tertiary/aromatic N) is 3. The number of aryl methyl sites for hydroxylation is 1. The molecule has 144 valence electrons. The Morgan fingerprint density at radius 1 is 1.14 bits per heavy atom. The van der Waals surface area contributed by atoms with Gasteiger partial charge in [0.1, 0.15) is 0 Å². The van der Waals surface area contributed by atoms with Gasteiger partial charge in [-0.2, -0.15) is 0 Å². The van der Waals surface area contributed by atoms with E-state index in [4.69, 9.17) is 12.2 Å². The van der Waals surface area contributed by atoms with Gasteiger partial charge in [-0.15, -0.1) is 0 Å². The zero-order valence-corrected chi connectivity index (χ0v) is 18.6. The van der Waals surface area contributed by atoms with Crippen molar-refractivity contribution in [1.29, 1.82) is 0 Å². The second kappa shape index (κ2) is 7.68. The number of rotatable bonds is 4. The van der Waals surface area contributed by atoms with Gasteiger partial charge in [-0.3, -0.25) is 4.98 Å². The van der Waals surface area contributed by atoms with Gasteiger partial charge in [0, 0.05) is 34.3 Å². The maximum Gasteiger partial charge on any atom is 0.174 e. The molecule has 0 aliphatic carbocycles. The molecule has 1 aliphatic heterocycles. The summed E-state index contributed by atoms with van der Waals surface area (Å²) in [6.07, 6.45) is 1.84. The Balaban J connectivity index is 1.88. The first kappa shape index (κ1) is 19.2. The predicted molar refractivity (Wildman–Crippen MR) is 122 cm³/mol. The van der Waals surface area contributed by atoms with Crippen molar-refractivity contribution in [3.8, 4) is 0 Å². The second-order valence-electron chi connectivity index (χ2n) is 7.04. The van der Waals surface area contributed by atoms with Crippen molar-refractivity contribution in [3.05, 3.63) is 81.8 Å². The summed E-state index contributed by atoms with van der Waals surface area (Å²) < 4.78 is 3.41. The fourth-order valence-corrected chi connectivity index (χ4v) is 4.77. The van der Waals surface area contributed by atoms with E-state index in [1.165, 1.54) is 17.0 Å². The standard InChI is InChI=1S/C22H23BrN4S/c1-4-26-14(2)13-18(15(26)3)21-20(19-7-5-6-12-24-19)25-22(28)27(21)17-10-8-16(23)9-11-17/h5-13,20-21H,4H2,1-3H3,(H,25,28)/t20-,21+/m0/s1. The third kappa shape index (κ3) is 3.25. The lowest BCUT2D eigenvalue weighted by Gasteiger charge is -2.28. The molecule has 3 aromatic rings. The molecule has 0 saturated carbocycles. The highest BCUT2D eigenvalue weighted by atomic mass is 79.9. The van der Waals surface area contributed by atoms with Gasteiger partial charge in [-0.25, -0.2) is 0 Å². The van der Waals surface area contributed by atoms with Crippen LogP contribution in [0.15, 0.2) is 59.2 Å². The van der Waals surface area contributed by atoms with Crippen LogP contribution in [0.1, 0.15) is 41.7 Å². The number of anilines is 1. The second-order valence-corrected chi connectivity index (χ2v) is 8.35. The number of pyridine rings is 1. The average molecular weight is 455 g/mol. The highest BCUT2D eigenvalue weighted by Gasteiger charge is 2.42. The molecular formula is C22H23BrN4S. The molecule has 1 aromatic carbocycles. The average Bonchev–Trinajstić information content (AvgIpc) is 3.18. The van der Waals surface area contributed by atoms with Gasteiger partial charge in [-0.05, 0) is 81.0 Å². The number of hydrogen-bond acceptors (Lipinski definition) is 2. The molecule has 0 spiro atoms. The molecule has 28 heavy (non-hydrogen) atoms. The van der Waals surface area contributed by atoms with Gasteiger partial charge in [0.05, 0.1) is 17.8 Å². The van der Waals surface area contributed by atoms with Crippen LogP contribution in [0, 0.1) is 13.8 Å². The quantitative estimate of drug-likeness (QED) is 0.530. The molecule has 2 atom stereocenters. The minimum atomic E-state index is -0.0110. The minimum Gasteiger partial charge on any atom is -0.351 e. The fourth-order valence-electron chi connectivity index (χ4n) is 4.16. The molecule has 0 radical (unpaired) electrons. The maximum atomic E-state index is 5.79. The molecule has 4 rings (SSSR count). The van der Waals surface area contributed by atoms with E-state index in [1.54, 1.807) is 0 Å². The van der Waals surface area contributed by atoms with Gasteiger partial charge in [0.15, 0.2) is 5.11 Å². The van der Waals surface area contributed by atoms with Gasteiger partial charge in [0.25, 0.3) is 0 Å².